The number of aliphatic carboxylic acids is 2. The van der Waals surface area contributed by atoms with Crippen molar-refractivity contribution in [3.8, 4) is 5.75 Å². The van der Waals surface area contributed by atoms with Crippen LogP contribution >= 0.6 is 23.1 Å². The number of nitrogens with one attached hydrogen (secondary N) is 3. The number of carboxylic acids is 2. The maximum atomic E-state index is 13.3. The van der Waals surface area contributed by atoms with Gasteiger partial charge in [-0.25, -0.2) is 14.6 Å². The molecule has 19 heteroatoms. The van der Waals surface area contributed by atoms with Gasteiger partial charge in [0, 0.05) is 28.6 Å². The molecule has 5 rings (SSSR count). The van der Waals surface area contributed by atoms with Gasteiger partial charge in [-0.15, -0.1) is 23.1 Å². The van der Waals surface area contributed by atoms with Crippen molar-refractivity contribution >= 4 is 74.5 Å². The highest BCUT2D eigenvalue weighted by Crippen LogP contribution is 2.40. The highest BCUT2D eigenvalue weighted by Gasteiger charge is 2.54. The zero-order valence-corrected chi connectivity index (χ0v) is 25.5. The average Bonchev–Trinajstić information content (AvgIpc) is 3.44. The number of aromatic amines is 1. The number of thioether (sulfide) groups is 1. The molecule has 1 unspecified atom stereocenters. The van der Waals surface area contributed by atoms with E-state index >= 15 is 0 Å². The summed E-state index contributed by atoms with van der Waals surface area (Å²) in [6, 6.07) is 5.11. The van der Waals surface area contributed by atoms with E-state index in [0.29, 0.717) is 5.52 Å². The van der Waals surface area contributed by atoms with Crippen LogP contribution in [-0.2, 0) is 24.0 Å². The molecule has 1 aromatic carbocycles. The first kappa shape index (κ1) is 32.0. The fourth-order valence-electron chi connectivity index (χ4n) is 4.57. The summed E-state index contributed by atoms with van der Waals surface area (Å²) in [7, 11) is 0. The topological polar surface area (TPSA) is 267 Å². The van der Waals surface area contributed by atoms with E-state index in [9.17, 15) is 44.1 Å². The number of anilines is 1. The van der Waals surface area contributed by atoms with Gasteiger partial charge in [-0.2, -0.15) is 0 Å². The summed E-state index contributed by atoms with van der Waals surface area (Å²) in [5.41, 5.74) is 2.26. The number of rotatable bonds is 10. The number of nitrogens with zero attached hydrogens (tertiary/aromatic N) is 3. The Kier molecular flexibility index (Phi) is 8.46. The molecule has 4 heterocycles. The number of β-lactam (4-membered cyclic amide) rings is 1. The van der Waals surface area contributed by atoms with Gasteiger partial charge in [-0.1, -0.05) is 23.4 Å². The number of amides is 3. The molecule has 240 valence electrons. The van der Waals surface area contributed by atoms with Crippen molar-refractivity contribution in [3.05, 3.63) is 62.5 Å². The zero-order valence-electron chi connectivity index (χ0n) is 23.9. The van der Waals surface area contributed by atoms with Crippen LogP contribution < -0.4 is 21.9 Å². The fourth-order valence-corrected chi connectivity index (χ4v) is 6.46. The van der Waals surface area contributed by atoms with Crippen LogP contribution in [0.5, 0.6) is 5.75 Å². The highest BCUT2D eigenvalue weighted by molar-refractivity contribution is 8.00. The van der Waals surface area contributed by atoms with Crippen LogP contribution in [-0.4, -0.2) is 94.9 Å². The zero-order chi connectivity index (χ0) is 33.5. The number of hydrogen-bond acceptors (Lipinski definition) is 13. The fraction of sp³-hybridized carbons (Fsp3) is 0.259. The second kappa shape index (κ2) is 12.2. The number of nitrogens with two attached hydrogens (primary N) is 1. The molecule has 0 radical (unpaired) electrons. The van der Waals surface area contributed by atoms with Crippen molar-refractivity contribution in [2.24, 2.45) is 5.16 Å². The van der Waals surface area contributed by atoms with Crippen LogP contribution in [0.25, 0.3) is 10.9 Å². The number of benzene rings is 1. The standard InChI is InChI=1S/C27H25N7O10S2/c1-27(2,25(42)43)44-33-15(13-9-46-26(28)31-13)20(37)32-16-22(39)34-17(24(40)41)10(8-45-23(16)34)7-29-19(36)14-11-5-3-4-6-12(11)30-21(38)18(14)35/h3-6,9,16,23,35H,7-8H2,1-2H3,(H2,28,31)(H,29,36)(H,30,38)(H,32,37)(H,40,41)(H,42,43)/t16?,23-/m0/s1. The summed E-state index contributed by atoms with van der Waals surface area (Å²) in [6.07, 6.45) is 0. The third kappa shape index (κ3) is 5.84. The summed E-state index contributed by atoms with van der Waals surface area (Å²) >= 11 is 2.10. The molecule has 3 aromatic rings. The van der Waals surface area contributed by atoms with Crippen LogP contribution in [0, 0.1) is 0 Å². The van der Waals surface area contributed by atoms with Crippen molar-refractivity contribution < 1.29 is 44.1 Å². The maximum absolute atomic E-state index is 13.3. The number of hydrogen-bond donors (Lipinski definition) is 7. The van der Waals surface area contributed by atoms with E-state index in [0.717, 1.165) is 28.0 Å². The van der Waals surface area contributed by atoms with Gasteiger partial charge in [-0.05, 0) is 25.5 Å². The molecule has 2 atom stereocenters. The number of H-pyrrole nitrogens is 1. The van der Waals surface area contributed by atoms with Crippen molar-refractivity contribution in [2.75, 3.05) is 18.0 Å². The lowest BCUT2D eigenvalue weighted by atomic mass is 10.0. The third-order valence-electron chi connectivity index (χ3n) is 6.98. The molecule has 17 nitrogen and oxygen atoms in total. The van der Waals surface area contributed by atoms with Gasteiger partial charge in [-0.3, -0.25) is 24.1 Å². The quantitative estimate of drug-likeness (QED) is 0.0853. The normalized spacial score (nSPS) is 18.1. The molecule has 0 saturated carbocycles. The van der Waals surface area contributed by atoms with Crippen molar-refractivity contribution in [3.63, 3.8) is 0 Å². The van der Waals surface area contributed by atoms with E-state index in [4.69, 9.17) is 10.6 Å². The lowest BCUT2D eigenvalue weighted by Crippen LogP contribution is -2.71. The third-order valence-corrected chi connectivity index (χ3v) is 9.00. The largest absolute Gasteiger partial charge is 0.502 e. The molecule has 3 amide bonds. The number of pyridine rings is 1. The number of para-hydroxylation sites is 1. The summed E-state index contributed by atoms with van der Waals surface area (Å²) < 4.78 is 0. The Morgan fingerprint density at radius 1 is 1.22 bits per heavy atom. The summed E-state index contributed by atoms with van der Waals surface area (Å²) in [6.45, 7) is 2.08. The smallest absolute Gasteiger partial charge is 0.352 e. The minimum Gasteiger partial charge on any atom is -0.502 e. The number of aromatic hydroxyl groups is 1. The Morgan fingerprint density at radius 3 is 2.59 bits per heavy atom. The predicted molar refractivity (Wildman–Crippen MR) is 164 cm³/mol. The van der Waals surface area contributed by atoms with E-state index < -0.39 is 69.4 Å². The van der Waals surface area contributed by atoms with Gasteiger partial charge in [0.2, 0.25) is 5.60 Å². The summed E-state index contributed by atoms with van der Waals surface area (Å²) in [5.74, 6) is -6.15. The number of carbonyl (C=O) groups is 5. The summed E-state index contributed by atoms with van der Waals surface area (Å²) in [5, 5.41) is 39.2. The Labute approximate surface area is 266 Å². The molecule has 2 aromatic heterocycles. The molecular formula is C27H25N7O10S2. The number of carbonyl (C=O) groups excluding carboxylic acids is 3. The van der Waals surface area contributed by atoms with Crippen molar-refractivity contribution in [1.82, 2.24) is 25.5 Å². The van der Waals surface area contributed by atoms with Gasteiger partial charge < -0.3 is 41.5 Å². The van der Waals surface area contributed by atoms with Gasteiger partial charge in [0.15, 0.2) is 16.6 Å². The van der Waals surface area contributed by atoms with E-state index in [1.165, 1.54) is 25.3 Å². The minimum atomic E-state index is -1.81. The van der Waals surface area contributed by atoms with E-state index in [-0.39, 0.29) is 39.6 Å². The molecule has 2 aliphatic heterocycles. The molecule has 2 aliphatic rings. The van der Waals surface area contributed by atoms with E-state index in [1.54, 1.807) is 18.2 Å². The first-order valence-electron chi connectivity index (χ1n) is 13.2. The monoisotopic (exact) mass is 671 g/mol. The number of thiazole rings is 1. The number of nitrogen functional groups attached to an aromatic ring is 1. The molecule has 1 saturated heterocycles. The molecule has 0 spiro atoms. The summed E-state index contributed by atoms with van der Waals surface area (Å²) in [4.78, 5) is 88.0. The lowest BCUT2D eigenvalue weighted by Gasteiger charge is -2.49. The van der Waals surface area contributed by atoms with Crippen LogP contribution in [0.2, 0.25) is 0 Å². The lowest BCUT2D eigenvalue weighted by molar-refractivity contribution is -0.161. The Bertz CT molecular complexity index is 1930. The minimum absolute atomic E-state index is 0.0321. The van der Waals surface area contributed by atoms with Crippen LogP contribution in [0.1, 0.15) is 29.9 Å². The van der Waals surface area contributed by atoms with Crippen molar-refractivity contribution in [1.29, 1.82) is 0 Å². The predicted octanol–water partition coefficient (Wildman–Crippen LogP) is 0.0249. The first-order valence-corrected chi connectivity index (χ1v) is 15.2. The average molecular weight is 672 g/mol. The van der Waals surface area contributed by atoms with Gasteiger partial charge in [0.05, 0.1) is 5.56 Å². The van der Waals surface area contributed by atoms with Crippen molar-refractivity contribution in [2.45, 2.75) is 30.9 Å². The first-order chi connectivity index (χ1) is 21.7. The number of aromatic nitrogens is 2. The number of carboxylic acid groups (broad SMARTS) is 2. The second-order valence-corrected chi connectivity index (χ2v) is 12.4. The Morgan fingerprint density at radius 2 is 1.93 bits per heavy atom. The second-order valence-electron chi connectivity index (χ2n) is 10.4. The Balaban J connectivity index is 1.34. The molecule has 46 heavy (non-hydrogen) atoms. The van der Waals surface area contributed by atoms with Gasteiger partial charge >= 0.3 is 11.9 Å². The number of oxime groups is 1. The molecule has 0 aliphatic carbocycles. The molecule has 1 fully saturated rings. The highest BCUT2D eigenvalue weighted by atomic mass is 32.2. The van der Waals surface area contributed by atoms with Gasteiger partial charge in [0.1, 0.15) is 22.8 Å². The number of fused-ring (bicyclic) bond motifs is 2. The van der Waals surface area contributed by atoms with E-state index in [2.05, 4.69) is 25.8 Å². The van der Waals surface area contributed by atoms with E-state index in [1.807, 2.05) is 0 Å². The Hall–Kier alpha value is -5.43. The van der Waals surface area contributed by atoms with Gasteiger partial charge in [0.25, 0.3) is 23.3 Å². The van der Waals surface area contributed by atoms with Crippen LogP contribution in [0.3, 0.4) is 0 Å². The molecule has 0 bridgehead atoms. The molecular weight excluding hydrogens is 646 g/mol. The van der Waals surface area contributed by atoms with Crippen LogP contribution in [0.15, 0.2) is 50.9 Å². The molecule has 8 N–H and O–H groups in total. The maximum Gasteiger partial charge on any atom is 0.352 e. The van der Waals surface area contributed by atoms with Crippen LogP contribution in [0.4, 0.5) is 5.13 Å². The SMILES string of the molecule is CC(C)(ON=C(C(=O)NC1C(=O)N2C(C(=O)O)=C(CNC(=O)c3c(O)c(=O)[nH]c4ccccc34)CS[C@@H]12)c1csc(N)n1)C(=O)O.